The summed E-state index contributed by atoms with van der Waals surface area (Å²) < 4.78 is 5.38. The highest BCUT2D eigenvalue weighted by Crippen LogP contribution is 2.37. The first-order valence-corrected chi connectivity index (χ1v) is 7.64. The maximum absolute atomic E-state index is 5.38. The largest absolute Gasteiger partial charge is 0.493 e. The first kappa shape index (κ1) is 13.7. The lowest BCUT2D eigenvalue weighted by Crippen LogP contribution is -2.41. The normalized spacial score (nSPS) is 29.4. The zero-order chi connectivity index (χ0) is 14.1. The summed E-state index contributed by atoms with van der Waals surface area (Å²) in [7, 11) is 3.99. The van der Waals surface area contributed by atoms with Crippen molar-refractivity contribution in [3.63, 3.8) is 0 Å². The first-order valence-electron chi connectivity index (χ1n) is 7.64. The second-order valence-electron chi connectivity index (χ2n) is 6.29. The van der Waals surface area contributed by atoms with Crippen molar-refractivity contribution in [1.82, 2.24) is 9.88 Å². The molecule has 4 heteroatoms. The average molecular weight is 275 g/mol. The molecule has 2 atom stereocenters. The summed E-state index contributed by atoms with van der Waals surface area (Å²) in [5.41, 5.74) is 2.10. The highest BCUT2D eigenvalue weighted by Gasteiger charge is 2.38. The van der Waals surface area contributed by atoms with Crippen LogP contribution >= 0.6 is 0 Å². The van der Waals surface area contributed by atoms with E-state index < -0.39 is 0 Å². The van der Waals surface area contributed by atoms with Gasteiger partial charge < -0.3 is 15.0 Å². The lowest BCUT2D eigenvalue weighted by molar-refractivity contribution is 0.139. The number of hydrogen-bond donors (Lipinski definition) is 1. The number of rotatable bonds is 4. The van der Waals surface area contributed by atoms with Gasteiger partial charge in [-0.1, -0.05) is 0 Å². The lowest BCUT2D eigenvalue weighted by atomic mass is 9.91. The van der Waals surface area contributed by atoms with Crippen molar-refractivity contribution in [3.8, 4) is 5.75 Å². The van der Waals surface area contributed by atoms with Gasteiger partial charge in [0.25, 0.3) is 0 Å². The third-order valence-corrected chi connectivity index (χ3v) is 5.00. The van der Waals surface area contributed by atoms with Crippen molar-refractivity contribution in [1.29, 1.82) is 0 Å². The van der Waals surface area contributed by atoms with Crippen molar-refractivity contribution in [2.45, 2.75) is 44.7 Å². The molecule has 1 aromatic rings. The molecule has 0 spiro atoms. The molecule has 20 heavy (non-hydrogen) atoms. The number of piperidine rings is 1. The van der Waals surface area contributed by atoms with Crippen LogP contribution in [0.1, 0.15) is 31.4 Å². The summed E-state index contributed by atoms with van der Waals surface area (Å²) in [6.07, 6.45) is 7.22. The van der Waals surface area contributed by atoms with E-state index >= 15 is 0 Å². The van der Waals surface area contributed by atoms with Crippen molar-refractivity contribution < 1.29 is 4.74 Å². The summed E-state index contributed by atoms with van der Waals surface area (Å²) in [5, 5.41) is 3.57. The molecule has 0 radical (unpaired) electrons. The van der Waals surface area contributed by atoms with Crippen LogP contribution in [0.4, 0.5) is 5.69 Å². The fraction of sp³-hybridized carbons (Fsp3) is 0.688. The Kier molecular flexibility index (Phi) is 3.83. The molecule has 4 nitrogen and oxygen atoms in total. The topological polar surface area (TPSA) is 37.4 Å². The zero-order valence-electron chi connectivity index (χ0n) is 12.7. The van der Waals surface area contributed by atoms with Gasteiger partial charge in [0, 0.05) is 24.3 Å². The Labute approximate surface area is 121 Å². The highest BCUT2D eigenvalue weighted by molar-refractivity contribution is 5.55. The molecule has 3 rings (SSSR count). The molecular formula is C16H25N3O. The molecule has 2 fully saturated rings. The molecule has 2 unspecified atom stereocenters. The first-order chi connectivity index (χ1) is 9.67. The minimum Gasteiger partial charge on any atom is -0.493 e. The van der Waals surface area contributed by atoms with Gasteiger partial charge in [-0.25, -0.2) is 0 Å². The summed E-state index contributed by atoms with van der Waals surface area (Å²) in [6, 6.07) is 3.69. The van der Waals surface area contributed by atoms with E-state index in [1.54, 1.807) is 13.3 Å². The average Bonchev–Trinajstić information content (AvgIpc) is 2.66. The predicted molar refractivity (Wildman–Crippen MR) is 81.3 cm³/mol. The van der Waals surface area contributed by atoms with Crippen molar-refractivity contribution in [3.05, 3.63) is 18.0 Å². The van der Waals surface area contributed by atoms with Crippen LogP contribution in [0.15, 0.2) is 12.3 Å². The Morgan fingerprint density at radius 3 is 2.70 bits per heavy atom. The van der Waals surface area contributed by atoms with E-state index in [-0.39, 0.29) is 0 Å². The number of fused-ring (bicyclic) bond motifs is 2. The van der Waals surface area contributed by atoms with Gasteiger partial charge in [0.15, 0.2) is 5.75 Å². The standard InChI is InChI=1S/C16H25N3O/c1-11-6-15(16(20-3)10-17-11)18-9-12-7-13-4-5-14(8-12)19(13)2/h6,10,12-14H,4-5,7-9H2,1-3H3,(H,17,18). The molecule has 110 valence electrons. The van der Waals surface area contributed by atoms with Crippen LogP contribution in [0.2, 0.25) is 0 Å². The molecule has 2 bridgehead atoms. The van der Waals surface area contributed by atoms with Crippen molar-refractivity contribution in [2.75, 3.05) is 26.0 Å². The summed E-state index contributed by atoms with van der Waals surface area (Å²) in [6.45, 7) is 3.06. The smallest absolute Gasteiger partial charge is 0.160 e. The predicted octanol–water partition coefficient (Wildman–Crippen LogP) is 2.68. The van der Waals surface area contributed by atoms with Crippen molar-refractivity contribution in [2.24, 2.45) is 5.92 Å². The van der Waals surface area contributed by atoms with Crippen LogP contribution in [0.5, 0.6) is 5.75 Å². The Bertz CT molecular complexity index is 463. The van der Waals surface area contributed by atoms with Crippen LogP contribution in [0.3, 0.4) is 0 Å². The number of methoxy groups -OCH3 is 1. The van der Waals surface area contributed by atoms with Gasteiger partial charge in [-0.15, -0.1) is 0 Å². The molecule has 1 aromatic heterocycles. The zero-order valence-corrected chi connectivity index (χ0v) is 12.7. The number of aryl methyl sites for hydroxylation is 1. The van der Waals surface area contributed by atoms with Crippen molar-refractivity contribution >= 4 is 5.69 Å². The van der Waals surface area contributed by atoms with Gasteiger partial charge in [-0.3, -0.25) is 4.98 Å². The number of ether oxygens (including phenoxy) is 1. The van der Waals surface area contributed by atoms with Gasteiger partial charge >= 0.3 is 0 Å². The van der Waals surface area contributed by atoms with Gasteiger partial charge in [0.05, 0.1) is 19.0 Å². The van der Waals surface area contributed by atoms with Gasteiger partial charge in [-0.2, -0.15) is 0 Å². The Morgan fingerprint density at radius 2 is 2.05 bits per heavy atom. The fourth-order valence-corrected chi connectivity index (χ4v) is 3.79. The van der Waals surface area contributed by atoms with E-state index in [1.807, 2.05) is 6.92 Å². The fourth-order valence-electron chi connectivity index (χ4n) is 3.79. The van der Waals surface area contributed by atoms with Crippen LogP contribution in [0, 0.1) is 12.8 Å². The van der Waals surface area contributed by atoms with Gasteiger partial charge in [0.2, 0.25) is 0 Å². The van der Waals surface area contributed by atoms with Gasteiger partial charge in [0.1, 0.15) is 0 Å². The molecule has 0 saturated carbocycles. The van der Waals surface area contributed by atoms with Crippen LogP contribution < -0.4 is 10.1 Å². The summed E-state index contributed by atoms with van der Waals surface area (Å²) >= 11 is 0. The minimum atomic E-state index is 0.780. The quantitative estimate of drug-likeness (QED) is 0.916. The van der Waals surface area contributed by atoms with E-state index in [2.05, 4.69) is 28.3 Å². The molecule has 2 aliphatic heterocycles. The number of anilines is 1. The summed E-state index contributed by atoms with van der Waals surface area (Å²) in [5.74, 6) is 1.62. The number of nitrogens with one attached hydrogen (secondary N) is 1. The number of nitrogens with zero attached hydrogens (tertiary/aromatic N) is 2. The molecule has 0 aromatic carbocycles. The Balaban J connectivity index is 1.61. The molecule has 0 amide bonds. The number of hydrogen-bond acceptors (Lipinski definition) is 4. The van der Waals surface area contributed by atoms with E-state index in [0.717, 1.165) is 41.7 Å². The van der Waals surface area contributed by atoms with E-state index in [1.165, 1.54) is 25.7 Å². The third-order valence-electron chi connectivity index (χ3n) is 5.00. The van der Waals surface area contributed by atoms with Gasteiger partial charge in [-0.05, 0) is 51.6 Å². The second kappa shape index (κ2) is 5.60. The molecule has 3 heterocycles. The molecule has 0 aliphatic carbocycles. The van der Waals surface area contributed by atoms with E-state index in [9.17, 15) is 0 Å². The molecule has 2 saturated heterocycles. The van der Waals surface area contributed by atoms with E-state index in [4.69, 9.17) is 4.74 Å². The number of pyridine rings is 1. The summed E-state index contributed by atoms with van der Waals surface area (Å²) in [4.78, 5) is 6.87. The molecule has 2 aliphatic rings. The Morgan fingerprint density at radius 1 is 1.35 bits per heavy atom. The minimum absolute atomic E-state index is 0.780. The second-order valence-corrected chi connectivity index (χ2v) is 6.29. The lowest BCUT2D eigenvalue weighted by Gasteiger charge is -2.36. The Hall–Kier alpha value is -1.29. The van der Waals surface area contributed by atoms with Crippen LogP contribution in [0.25, 0.3) is 0 Å². The van der Waals surface area contributed by atoms with Crippen LogP contribution in [-0.2, 0) is 0 Å². The number of aromatic nitrogens is 1. The maximum atomic E-state index is 5.38. The maximum Gasteiger partial charge on any atom is 0.160 e. The SMILES string of the molecule is COc1cnc(C)cc1NCC1CC2CCC(C1)N2C. The molecule has 1 N–H and O–H groups in total. The van der Waals surface area contributed by atoms with Crippen LogP contribution in [-0.4, -0.2) is 42.7 Å². The molecular weight excluding hydrogens is 250 g/mol. The monoisotopic (exact) mass is 275 g/mol. The third kappa shape index (κ3) is 2.62. The highest BCUT2D eigenvalue weighted by atomic mass is 16.5. The van der Waals surface area contributed by atoms with E-state index in [0.29, 0.717) is 0 Å².